The summed E-state index contributed by atoms with van der Waals surface area (Å²) in [4.78, 5) is 4.03. The van der Waals surface area contributed by atoms with E-state index in [0.29, 0.717) is 13.1 Å². The molecule has 0 radical (unpaired) electrons. The van der Waals surface area contributed by atoms with E-state index in [2.05, 4.69) is 17.2 Å². The molecule has 3 rings (SSSR count). The summed E-state index contributed by atoms with van der Waals surface area (Å²) in [6.07, 6.45) is 9.42. The first-order valence-corrected chi connectivity index (χ1v) is 10.7. The van der Waals surface area contributed by atoms with E-state index in [1.807, 2.05) is 12.1 Å². The molecule has 7 nitrogen and oxygen atoms in total. The van der Waals surface area contributed by atoms with E-state index < -0.39 is 10.0 Å². The van der Waals surface area contributed by atoms with Crippen molar-refractivity contribution in [1.82, 2.24) is 19.2 Å². The number of hydrogen-bond acceptors (Lipinski definition) is 5. The van der Waals surface area contributed by atoms with Gasteiger partial charge in [0.05, 0.1) is 12.6 Å². The van der Waals surface area contributed by atoms with Crippen molar-refractivity contribution in [2.45, 2.75) is 49.6 Å². The Labute approximate surface area is 155 Å². The van der Waals surface area contributed by atoms with Crippen LogP contribution in [-0.4, -0.2) is 48.0 Å². The standard InChI is InChI=1S/C18H28N4O3S/c1-3-4-5-6-9-19-16-12-22(11-15(16)17-8-7-10-25-17)26(23,24)18-13-21(2)14-20-18/h7-8,10,13-16,19H,3-6,9,11-12H2,1-2H3. The van der Waals surface area contributed by atoms with E-state index in [-0.39, 0.29) is 17.0 Å². The van der Waals surface area contributed by atoms with Gasteiger partial charge >= 0.3 is 0 Å². The molecule has 0 bridgehead atoms. The molecule has 0 saturated carbocycles. The lowest BCUT2D eigenvalue weighted by atomic mass is 10.0. The van der Waals surface area contributed by atoms with Gasteiger partial charge in [-0.1, -0.05) is 26.2 Å². The van der Waals surface area contributed by atoms with Gasteiger partial charge in [0.15, 0.2) is 5.03 Å². The van der Waals surface area contributed by atoms with Crippen molar-refractivity contribution in [3.8, 4) is 0 Å². The molecule has 1 aliphatic rings. The zero-order valence-electron chi connectivity index (χ0n) is 15.5. The molecule has 1 aliphatic heterocycles. The fourth-order valence-electron chi connectivity index (χ4n) is 3.45. The highest BCUT2D eigenvalue weighted by atomic mass is 32.2. The van der Waals surface area contributed by atoms with Gasteiger partial charge in [-0.15, -0.1) is 0 Å². The van der Waals surface area contributed by atoms with Crippen LogP contribution in [0.2, 0.25) is 0 Å². The Morgan fingerprint density at radius 2 is 2.15 bits per heavy atom. The highest BCUT2D eigenvalue weighted by molar-refractivity contribution is 7.89. The van der Waals surface area contributed by atoms with Crippen molar-refractivity contribution >= 4 is 10.0 Å². The first-order chi connectivity index (χ1) is 12.5. The van der Waals surface area contributed by atoms with Gasteiger partial charge in [-0.2, -0.15) is 4.31 Å². The zero-order valence-corrected chi connectivity index (χ0v) is 16.3. The van der Waals surface area contributed by atoms with Crippen molar-refractivity contribution in [3.63, 3.8) is 0 Å². The van der Waals surface area contributed by atoms with Crippen LogP contribution in [0.3, 0.4) is 0 Å². The molecule has 0 aromatic carbocycles. The van der Waals surface area contributed by atoms with E-state index >= 15 is 0 Å². The number of furan rings is 1. The molecule has 8 heteroatoms. The highest BCUT2D eigenvalue weighted by Gasteiger charge is 2.41. The van der Waals surface area contributed by atoms with Crippen LogP contribution in [0, 0.1) is 0 Å². The predicted molar refractivity (Wildman–Crippen MR) is 99.3 cm³/mol. The number of imidazole rings is 1. The van der Waals surface area contributed by atoms with Crippen LogP contribution in [0.4, 0.5) is 0 Å². The van der Waals surface area contributed by atoms with Gasteiger partial charge in [-0.3, -0.25) is 0 Å². The van der Waals surface area contributed by atoms with Crippen molar-refractivity contribution in [3.05, 3.63) is 36.7 Å². The third-order valence-electron chi connectivity index (χ3n) is 4.92. The molecular weight excluding hydrogens is 352 g/mol. The lowest BCUT2D eigenvalue weighted by Gasteiger charge is -2.18. The Kier molecular flexibility index (Phi) is 6.16. The average Bonchev–Trinajstić information content (AvgIpc) is 3.34. The summed E-state index contributed by atoms with van der Waals surface area (Å²) in [6.45, 7) is 3.91. The van der Waals surface area contributed by atoms with Crippen molar-refractivity contribution < 1.29 is 12.8 Å². The molecule has 26 heavy (non-hydrogen) atoms. The molecule has 0 spiro atoms. The number of rotatable bonds is 9. The van der Waals surface area contributed by atoms with Crippen LogP contribution in [0.25, 0.3) is 0 Å². The SMILES string of the molecule is CCCCCCNC1CN(S(=O)(=O)c2cn(C)cn2)CC1c1ccco1. The van der Waals surface area contributed by atoms with Crippen molar-refractivity contribution in [2.75, 3.05) is 19.6 Å². The fourth-order valence-corrected chi connectivity index (χ4v) is 4.91. The second-order valence-corrected chi connectivity index (χ2v) is 8.83. The second kappa shape index (κ2) is 8.37. The molecule has 1 fully saturated rings. The van der Waals surface area contributed by atoms with E-state index in [9.17, 15) is 8.42 Å². The Morgan fingerprint density at radius 1 is 1.31 bits per heavy atom. The summed E-state index contributed by atoms with van der Waals surface area (Å²) in [6, 6.07) is 3.82. The number of nitrogens with zero attached hydrogens (tertiary/aromatic N) is 3. The fraction of sp³-hybridized carbons (Fsp3) is 0.611. The minimum Gasteiger partial charge on any atom is -0.469 e. The van der Waals surface area contributed by atoms with Crippen LogP contribution >= 0.6 is 0 Å². The Morgan fingerprint density at radius 3 is 2.81 bits per heavy atom. The molecule has 1 saturated heterocycles. The normalized spacial score (nSPS) is 21.5. The van der Waals surface area contributed by atoms with Gasteiger partial charge in [0.2, 0.25) is 0 Å². The molecule has 1 N–H and O–H groups in total. The summed E-state index contributed by atoms with van der Waals surface area (Å²) in [7, 11) is -1.83. The third-order valence-corrected chi connectivity index (χ3v) is 6.63. The number of unbranched alkanes of at least 4 members (excludes halogenated alkanes) is 3. The second-order valence-electron chi connectivity index (χ2n) is 6.94. The highest BCUT2D eigenvalue weighted by Crippen LogP contribution is 2.31. The monoisotopic (exact) mass is 380 g/mol. The van der Waals surface area contributed by atoms with Gasteiger partial charge in [0.25, 0.3) is 10.0 Å². The summed E-state index contributed by atoms with van der Waals surface area (Å²) < 4.78 is 34.6. The van der Waals surface area contributed by atoms with Crippen LogP contribution in [-0.2, 0) is 17.1 Å². The van der Waals surface area contributed by atoms with Crippen molar-refractivity contribution in [2.24, 2.45) is 7.05 Å². The molecular formula is C18H28N4O3S. The Hall–Kier alpha value is -1.64. The van der Waals surface area contributed by atoms with Gasteiger partial charge in [-0.25, -0.2) is 13.4 Å². The number of sulfonamides is 1. The van der Waals surface area contributed by atoms with E-state index in [1.54, 1.807) is 24.1 Å². The topological polar surface area (TPSA) is 80.4 Å². The molecule has 2 unspecified atom stereocenters. The smallest absolute Gasteiger partial charge is 0.262 e. The Bertz CT molecular complexity index is 785. The largest absolute Gasteiger partial charge is 0.469 e. The van der Waals surface area contributed by atoms with Gasteiger partial charge in [0, 0.05) is 38.3 Å². The molecule has 144 valence electrons. The molecule has 2 atom stereocenters. The summed E-state index contributed by atoms with van der Waals surface area (Å²) in [5.41, 5.74) is 0. The summed E-state index contributed by atoms with van der Waals surface area (Å²) in [5, 5.41) is 3.64. The first-order valence-electron chi connectivity index (χ1n) is 9.27. The first kappa shape index (κ1) is 19.1. The number of hydrogen-bond donors (Lipinski definition) is 1. The number of nitrogens with one attached hydrogen (secondary N) is 1. The number of aryl methyl sites for hydroxylation is 1. The lowest BCUT2D eigenvalue weighted by Crippen LogP contribution is -2.37. The molecule has 0 aliphatic carbocycles. The summed E-state index contributed by atoms with van der Waals surface area (Å²) >= 11 is 0. The minimum atomic E-state index is -3.59. The predicted octanol–water partition coefficient (Wildman–Crippen LogP) is 2.34. The van der Waals surface area contributed by atoms with Crippen LogP contribution in [0.1, 0.15) is 44.3 Å². The zero-order chi connectivity index (χ0) is 18.6. The Balaban J connectivity index is 1.71. The maximum atomic E-state index is 12.9. The lowest BCUT2D eigenvalue weighted by molar-refractivity contribution is 0.415. The van der Waals surface area contributed by atoms with Crippen molar-refractivity contribution in [1.29, 1.82) is 0 Å². The number of aromatic nitrogens is 2. The summed E-state index contributed by atoms with van der Waals surface area (Å²) in [5.74, 6) is 0.837. The van der Waals surface area contributed by atoms with Crippen LogP contribution < -0.4 is 5.32 Å². The van der Waals surface area contributed by atoms with E-state index in [4.69, 9.17) is 4.42 Å². The van der Waals surface area contributed by atoms with Gasteiger partial charge < -0.3 is 14.3 Å². The van der Waals surface area contributed by atoms with E-state index in [0.717, 1.165) is 18.7 Å². The van der Waals surface area contributed by atoms with E-state index in [1.165, 1.54) is 29.9 Å². The maximum Gasteiger partial charge on any atom is 0.262 e. The molecule has 2 aromatic heterocycles. The molecule has 0 amide bonds. The van der Waals surface area contributed by atoms with Gasteiger partial charge in [-0.05, 0) is 25.1 Å². The minimum absolute atomic E-state index is 0.00895. The van der Waals surface area contributed by atoms with Gasteiger partial charge in [0.1, 0.15) is 5.76 Å². The van der Waals surface area contributed by atoms with Crippen LogP contribution in [0.5, 0.6) is 0 Å². The molecule has 2 aromatic rings. The molecule has 3 heterocycles. The quantitative estimate of drug-likeness (QED) is 0.676. The third kappa shape index (κ3) is 4.19. The maximum absolute atomic E-state index is 12.9. The average molecular weight is 381 g/mol. The van der Waals surface area contributed by atoms with Crippen LogP contribution in [0.15, 0.2) is 40.4 Å².